The molecule has 0 aliphatic rings. The van der Waals surface area contributed by atoms with Crippen molar-refractivity contribution in [1.29, 1.82) is 0 Å². The zero-order valence-corrected chi connectivity index (χ0v) is 11.4. The van der Waals surface area contributed by atoms with Crippen LogP contribution in [-0.4, -0.2) is 16.9 Å². The Morgan fingerprint density at radius 2 is 2.22 bits per heavy atom. The molecule has 0 unspecified atom stereocenters. The van der Waals surface area contributed by atoms with Crippen molar-refractivity contribution < 1.29 is 4.39 Å². The van der Waals surface area contributed by atoms with Gasteiger partial charge in [0.15, 0.2) is 5.13 Å². The lowest BCUT2D eigenvalue weighted by Gasteiger charge is -2.15. The predicted octanol–water partition coefficient (Wildman–Crippen LogP) is 3.15. The molecule has 6 heteroatoms. The molecule has 0 amide bonds. The van der Waals surface area contributed by atoms with E-state index in [1.165, 1.54) is 17.4 Å². The van der Waals surface area contributed by atoms with Crippen LogP contribution in [0.2, 0.25) is 5.02 Å². The first-order valence-electron chi connectivity index (χ1n) is 5.37. The van der Waals surface area contributed by atoms with Gasteiger partial charge in [-0.25, -0.2) is 9.37 Å². The van der Waals surface area contributed by atoms with Gasteiger partial charge in [-0.1, -0.05) is 17.7 Å². The molecule has 1 heterocycles. The van der Waals surface area contributed by atoms with E-state index >= 15 is 0 Å². The van der Waals surface area contributed by atoms with Crippen molar-refractivity contribution in [2.45, 2.75) is 13.1 Å². The summed E-state index contributed by atoms with van der Waals surface area (Å²) in [4.78, 5) is 7.15. The highest BCUT2D eigenvalue weighted by Crippen LogP contribution is 2.19. The summed E-state index contributed by atoms with van der Waals surface area (Å²) < 4.78 is 13.3. The number of thiazole rings is 1. The van der Waals surface area contributed by atoms with Crippen LogP contribution >= 0.6 is 22.9 Å². The first-order valence-corrected chi connectivity index (χ1v) is 6.56. The van der Waals surface area contributed by atoms with Gasteiger partial charge < -0.3 is 5.73 Å². The Morgan fingerprint density at radius 1 is 1.44 bits per heavy atom. The third kappa shape index (κ3) is 3.41. The van der Waals surface area contributed by atoms with Crippen molar-refractivity contribution >= 4 is 28.1 Å². The zero-order chi connectivity index (χ0) is 13.1. The van der Waals surface area contributed by atoms with Crippen molar-refractivity contribution in [3.8, 4) is 0 Å². The number of rotatable bonds is 4. The molecule has 0 bridgehead atoms. The van der Waals surface area contributed by atoms with Crippen molar-refractivity contribution in [3.63, 3.8) is 0 Å². The summed E-state index contributed by atoms with van der Waals surface area (Å²) in [6.07, 6.45) is 1.76. The van der Waals surface area contributed by atoms with Gasteiger partial charge in [-0.05, 0) is 24.7 Å². The second kappa shape index (κ2) is 5.65. The lowest BCUT2D eigenvalue weighted by Crippen LogP contribution is -2.16. The number of hydrogen-bond donors (Lipinski definition) is 1. The van der Waals surface area contributed by atoms with E-state index in [-0.39, 0.29) is 10.8 Å². The molecular formula is C12H13ClFN3S. The van der Waals surface area contributed by atoms with E-state index in [1.807, 2.05) is 13.1 Å². The Hall–Kier alpha value is -1.17. The molecule has 0 aliphatic carbocycles. The molecular weight excluding hydrogens is 273 g/mol. The first-order chi connectivity index (χ1) is 8.54. The quantitative estimate of drug-likeness (QED) is 0.938. The summed E-state index contributed by atoms with van der Waals surface area (Å²) >= 11 is 7.10. The lowest BCUT2D eigenvalue weighted by atomic mass is 10.2. The standard InChI is InChI=1S/C12H13ClFN3S/c1-17(7-9-5-16-12(15)18-9)6-8-2-3-10(13)11(14)4-8/h2-5H,6-7H2,1H3,(H2,15,16). The van der Waals surface area contributed by atoms with E-state index in [0.717, 1.165) is 17.0 Å². The molecule has 96 valence electrons. The van der Waals surface area contributed by atoms with Crippen LogP contribution in [0.3, 0.4) is 0 Å². The molecule has 2 rings (SSSR count). The number of nitrogens with zero attached hydrogens (tertiary/aromatic N) is 2. The fourth-order valence-corrected chi connectivity index (χ4v) is 2.55. The number of halogens is 2. The Labute approximate surface area is 114 Å². The Balaban J connectivity index is 1.98. The zero-order valence-electron chi connectivity index (χ0n) is 9.86. The van der Waals surface area contributed by atoms with Gasteiger partial charge in [0.25, 0.3) is 0 Å². The largest absolute Gasteiger partial charge is 0.375 e. The van der Waals surface area contributed by atoms with Gasteiger partial charge in [0, 0.05) is 24.2 Å². The third-order valence-corrected chi connectivity index (χ3v) is 3.55. The molecule has 0 atom stereocenters. The number of anilines is 1. The molecule has 0 fully saturated rings. The fraction of sp³-hybridized carbons (Fsp3) is 0.250. The minimum absolute atomic E-state index is 0.150. The summed E-state index contributed by atoms with van der Waals surface area (Å²) in [7, 11) is 1.96. The van der Waals surface area contributed by atoms with E-state index in [0.29, 0.717) is 11.7 Å². The van der Waals surface area contributed by atoms with E-state index in [4.69, 9.17) is 17.3 Å². The Morgan fingerprint density at radius 3 is 2.83 bits per heavy atom. The topological polar surface area (TPSA) is 42.2 Å². The summed E-state index contributed by atoms with van der Waals surface area (Å²) in [5.41, 5.74) is 6.45. The number of benzene rings is 1. The molecule has 2 N–H and O–H groups in total. The van der Waals surface area contributed by atoms with E-state index in [1.54, 1.807) is 12.3 Å². The number of nitrogen functional groups attached to an aromatic ring is 1. The molecule has 0 saturated heterocycles. The average molecular weight is 286 g/mol. The minimum Gasteiger partial charge on any atom is -0.375 e. The van der Waals surface area contributed by atoms with Gasteiger partial charge >= 0.3 is 0 Å². The Kier molecular flexibility index (Phi) is 4.16. The van der Waals surface area contributed by atoms with Crippen LogP contribution in [0, 0.1) is 5.82 Å². The Bertz CT molecular complexity index is 544. The van der Waals surface area contributed by atoms with Crippen LogP contribution in [0.1, 0.15) is 10.4 Å². The van der Waals surface area contributed by atoms with E-state index in [9.17, 15) is 4.39 Å². The summed E-state index contributed by atoms with van der Waals surface area (Å²) in [6.45, 7) is 1.38. The molecule has 1 aromatic carbocycles. The van der Waals surface area contributed by atoms with Crippen molar-refractivity contribution in [2.75, 3.05) is 12.8 Å². The maximum absolute atomic E-state index is 13.3. The second-order valence-corrected chi connectivity index (χ2v) is 5.64. The lowest BCUT2D eigenvalue weighted by molar-refractivity contribution is 0.321. The number of hydrogen-bond acceptors (Lipinski definition) is 4. The molecule has 3 nitrogen and oxygen atoms in total. The predicted molar refractivity (Wildman–Crippen MR) is 73.1 cm³/mol. The van der Waals surface area contributed by atoms with Crippen LogP contribution in [0.25, 0.3) is 0 Å². The molecule has 0 saturated carbocycles. The highest BCUT2D eigenvalue weighted by atomic mass is 35.5. The van der Waals surface area contributed by atoms with Gasteiger partial charge in [-0.15, -0.1) is 11.3 Å². The van der Waals surface area contributed by atoms with E-state index < -0.39 is 0 Å². The molecule has 0 radical (unpaired) electrons. The van der Waals surface area contributed by atoms with Crippen LogP contribution in [0.4, 0.5) is 9.52 Å². The van der Waals surface area contributed by atoms with Gasteiger partial charge in [0.1, 0.15) is 5.82 Å². The maximum atomic E-state index is 13.3. The maximum Gasteiger partial charge on any atom is 0.180 e. The van der Waals surface area contributed by atoms with Crippen LogP contribution in [-0.2, 0) is 13.1 Å². The average Bonchev–Trinajstić information content (AvgIpc) is 2.69. The smallest absolute Gasteiger partial charge is 0.180 e. The molecule has 1 aromatic heterocycles. The van der Waals surface area contributed by atoms with Crippen LogP contribution in [0.5, 0.6) is 0 Å². The minimum atomic E-state index is -0.385. The van der Waals surface area contributed by atoms with Crippen LogP contribution < -0.4 is 5.73 Å². The monoisotopic (exact) mass is 285 g/mol. The van der Waals surface area contributed by atoms with Gasteiger partial charge in [-0.2, -0.15) is 0 Å². The summed E-state index contributed by atoms with van der Waals surface area (Å²) in [5.74, 6) is -0.385. The van der Waals surface area contributed by atoms with Crippen molar-refractivity contribution in [1.82, 2.24) is 9.88 Å². The van der Waals surface area contributed by atoms with Crippen molar-refractivity contribution in [2.24, 2.45) is 0 Å². The molecule has 18 heavy (non-hydrogen) atoms. The van der Waals surface area contributed by atoms with Gasteiger partial charge in [-0.3, -0.25) is 4.90 Å². The normalized spacial score (nSPS) is 11.1. The van der Waals surface area contributed by atoms with E-state index in [2.05, 4.69) is 9.88 Å². The molecule has 0 spiro atoms. The van der Waals surface area contributed by atoms with Crippen LogP contribution in [0.15, 0.2) is 24.4 Å². The highest BCUT2D eigenvalue weighted by Gasteiger charge is 2.06. The third-order valence-electron chi connectivity index (χ3n) is 2.43. The number of nitrogens with two attached hydrogens (primary N) is 1. The SMILES string of the molecule is CN(Cc1ccc(Cl)c(F)c1)Cc1cnc(N)s1. The number of aromatic nitrogens is 1. The fourth-order valence-electron chi connectivity index (χ4n) is 1.67. The summed E-state index contributed by atoms with van der Waals surface area (Å²) in [6, 6.07) is 4.85. The molecule has 2 aromatic rings. The first kappa shape index (κ1) is 13.3. The van der Waals surface area contributed by atoms with Gasteiger partial charge in [0.2, 0.25) is 0 Å². The second-order valence-electron chi connectivity index (χ2n) is 4.09. The molecule has 0 aliphatic heterocycles. The summed E-state index contributed by atoms with van der Waals surface area (Å²) in [5, 5.41) is 0.715. The van der Waals surface area contributed by atoms with Crippen molar-refractivity contribution in [3.05, 3.63) is 45.7 Å². The van der Waals surface area contributed by atoms with Gasteiger partial charge in [0.05, 0.1) is 5.02 Å². The highest BCUT2D eigenvalue weighted by molar-refractivity contribution is 7.15.